The number of hydrogen-bond donors (Lipinski definition) is 0. The summed E-state index contributed by atoms with van der Waals surface area (Å²) in [5.41, 5.74) is 2.71. The molecule has 1 amide bonds. The molecule has 7 nitrogen and oxygen atoms in total. The molecule has 3 rings (SSSR count). The van der Waals surface area contributed by atoms with Gasteiger partial charge in [0.1, 0.15) is 12.4 Å². The molecule has 2 heterocycles. The molecule has 0 spiro atoms. The monoisotopic (exact) mass is 401 g/mol. The summed E-state index contributed by atoms with van der Waals surface area (Å²) >= 11 is 0. The molecule has 7 heteroatoms. The maximum Gasteiger partial charge on any atom is 0.275 e. The number of carbonyl (C=O) groups is 1. The van der Waals surface area contributed by atoms with Crippen LogP contribution in [-0.2, 0) is 11.3 Å². The number of amides is 1. The van der Waals surface area contributed by atoms with Gasteiger partial charge in [0.05, 0.1) is 13.2 Å². The van der Waals surface area contributed by atoms with E-state index in [2.05, 4.69) is 17.0 Å². The van der Waals surface area contributed by atoms with Crippen molar-refractivity contribution in [3.8, 4) is 5.75 Å². The van der Waals surface area contributed by atoms with Crippen LogP contribution in [0.3, 0.4) is 0 Å². The zero-order valence-corrected chi connectivity index (χ0v) is 17.6. The van der Waals surface area contributed by atoms with Crippen LogP contribution < -0.4 is 4.74 Å². The van der Waals surface area contributed by atoms with Crippen molar-refractivity contribution in [1.82, 2.24) is 15.0 Å². The van der Waals surface area contributed by atoms with E-state index < -0.39 is 0 Å². The first-order valence-corrected chi connectivity index (χ1v) is 10.2. The minimum absolute atomic E-state index is 0.127. The van der Waals surface area contributed by atoms with Gasteiger partial charge in [-0.1, -0.05) is 11.2 Å². The van der Waals surface area contributed by atoms with Gasteiger partial charge in [-0.2, -0.15) is 0 Å². The number of aromatic nitrogens is 1. The fraction of sp³-hybridized carbons (Fsp3) is 0.545. The molecule has 1 aliphatic rings. The Morgan fingerprint density at radius 1 is 1.17 bits per heavy atom. The molecular formula is C22H31N3O4. The number of benzene rings is 1. The predicted molar refractivity (Wildman–Crippen MR) is 110 cm³/mol. The molecule has 0 bridgehead atoms. The second-order valence-corrected chi connectivity index (χ2v) is 7.60. The van der Waals surface area contributed by atoms with Gasteiger partial charge in [0.2, 0.25) is 0 Å². The molecule has 1 fully saturated rings. The molecule has 1 aliphatic heterocycles. The summed E-state index contributed by atoms with van der Waals surface area (Å²) < 4.78 is 16.4. The smallest absolute Gasteiger partial charge is 0.275 e. The summed E-state index contributed by atoms with van der Waals surface area (Å²) in [5.74, 6) is 1.18. The molecule has 1 saturated heterocycles. The number of rotatable bonds is 9. The average molecular weight is 402 g/mol. The van der Waals surface area contributed by atoms with Gasteiger partial charge in [-0.15, -0.1) is 0 Å². The van der Waals surface area contributed by atoms with Crippen LogP contribution in [-0.4, -0.2) is 67.3 Å². The summed E-state index contributed by atoms with van der Waals surface area (Å²) in [6.45, 7) is 9.74. The van der Waals surface area contributed by atoms with Crippen LogP contribution in [0.25, 0.3) is 0 Å². The molecule has 0 unspecified atom stereocenters. The van der Waals surface area contributed by atoms with Crippen molar-refractivity contribution >= 4 is 5.91 Å². The van der Waals surface area contributed by atoms with Crippen molar-refractivity contribution in [3.05, 3.63) is 46.8 Å². The van der Waals surface area contributed by atoms with Gasteiger partial charge in [0, 0.05) is 32.7 Å². The quantitative estimate of drug-likeness (QED) is 0.602. The van der Waals surface area contributed by atoms with Crippen LogP contribution in [0, 0.1) is 13.8 Å². The summed E-state index contributed by atoms with van der Waals surface area (Å²) in [4.78, 5) is 16.7. The zero-order chi connectivity index (χ0) is 20.6. The van der Waals surface area contributed by atoms with Crippen LogP contribution >= 0.6 is 0 Å². The van der Waals surface area contributed by atoms with E-state index in [1.54, 1.807) is 18.0 Å². The lowest BCUT2D eigenvalue weighted by Gasteiger charge is -2.26. The van der Waals surface area contributed by atoms with E-state index >= 15 is 0 Å². The van der Waals surface area contributed by atoms with E-state index in [9.17, 15) is 4.79 Å². The van der Waals surface area contributed by atoms with Crippen LogP contribution in [0.4, 0.5) is 0 Å². The number of unbranched alkanes of at least 4 members (excludes halogenated alkanes) is 1. The fourth-order valence-electron chi connectivity index (χ4n) is 3.25. The lowest BCUT2D eigenvalue weighted by molar-refractivity contribution is 0.0369. The molecule has 0 radical (unpaired) electrons. The summed E-state index contributed by atoms with van der Waals surface area (Å²) in [5, 5.41) is 3.91. The number of carbonyl (C=O) groups excluding carboxylic acids is 1. The predicted octanol–water partition coefficient (Wildman–Crippen LogP) is 3.05. The first-order chi connectivity index (χ1) is 14.0. The number of hydrogen-bond acceptors (Lipinski definition) is 6. The van der Waals surface area contributed by atoms with Crippen molar-refractivity contribution in [3.63, 3.8) is 0 Å². The largest absolute Gasteiger partial charge is 0.486 e. The molecular weight excluding hydrogens is 370 g/mol. The van der Waals surface area contributed by atoms with Crippen molar-refractivity contribution in [2.75, 3.05) is 46.4 Å². The Morgan fingerprint density at radius 2 is 1.97 bits per heavy atom. The molecule has 0 atom stereocenters. The molecule has 0 saturated carbocycles. The molecule has 1 aromatic heterocycles. The van der Waals surface area contributed by atoms with Gasteiger partial charge in [0.25, 0.3) is 5.91 Å². The lowest BCUT2D eigenvalue weighted by Crippen LogP contribution is -2.37. The highest BCUT2D eigenvalue weighted by Crippen LogP contribution is 2.18. The standard InChI is InChI=1S/C22H31N3O4/c1-17-6-7-19(14-18(17)2)28-16-20-15-21(23-29-20)22(26)24(3)8-4-5-9-25-10-12-27-13-11-25/h6-7,14-15H,4-5,8-13,16H2,1-3H3. The second kappa shape index (κ2) is 10.4. The maximum atomic E-state index is 12.5. The number of ether oxygens (including phenoxy) is 2. The Labute approximate surface area is 172 Å². The third-order valence-electron chi connectivity index (χ3n) is 5.31. The van der Waals surface area contributed by atoms with E-state index in [4.69, 9.17) is 14.0 Å². The van der Waals surface area contributed by atoms with Crippen molar-refractivity contribution in [2.24, 2.45) is 0 Å². The van der Waals surface area contributed by atoms with Crippen LogP contribution in [0.15, 0.2) is 28.8 Å². The highest BCUT2D eigenvalue weighted by molar-refractivity contribution is 5.92. The van der Waals surface area contributed by atoms with E-state index in [0.717, 1.165) is 51.4 Å². The first kappa shape index (κ1) is 21.3. The van der Waals surface area contributed by atoms with Gasteiger partial charge >= 0.3 is 0 Å². The van der Waals surface area contributed by atoms with Crippen LogP contribution in [0.1, 0.15) is 40.2 Å². The summed E-state index contributed by atoms with van der Waals surface area (Å²) in [6, 6.07) is 7.60. The molecule has 29 heavy (non-hydrogen) atoms. The minimum atomic E-state index is -0.127. The topological polar surface area (TPSA) is 68.0 Å². The maximum absolute atomic E-state index is 12.5. The van der Waals surface area contributed by atoms with Crippen LogP contribution in [0.2, 0.25) is 0 Å². The van der Waals surface area contributed by atoms with Gasteiger partial charge in [-0.3, -0.25) is 9.69 Å². The van der Waals surface area contributed by atoms with Crippen molar-refractivity contribution in [1.29, 1.82) is 0 Å². The third-order valence-corrected chi connectivity index (χ3v) is 5.31. The van der Waals surface area contributed by atoms with E-state index in [-0.39, 0.29) is 12.5 Å². The second-order valence-electron chi connectivity index (χ2n) is 7.60. The number of aryl methyl sites for hydroxylation is 2. The van der Waals surface area contributed by atoms with Gasteiger partial charge < -0.3 is 18.9 Å². The SMILES string of the molecule is Cc1ccc(OCc2cc(C(=O)N(C)CCCCN3CCOCC3)no2)cc1C. The van der Waals surface area contributed by atoms with Crippen molar-refractivity contribution < 1.29 is 18.8 Å². The zero-order valence-electron chi connectivity index (χ0n) is 17.6. The first-order valence-electron chi connectivity index (χ1n) is 10.2. The Hall–Kier alpha value is -2.38. The highest BCUT2D eigenvalue weighted by Gasteiger charge is 2.17. The molecule has 0 aliphatic carbocycles. The summed E-state index contributed by atoms with van der Waals surface area (Å²) in [7, 11) is 1.80. The average Bonchev–Trinajstić information content (AvgIpc) is 3.21. The van der Waals surface area contributed by atoms with Gasteiger partial charge in [-0.05, 0) is 56.5 Å². The van der Waals surface area contributed by atoms with Crippen LogP contribution in [0.5, 0.6) is 5.75 Å². The Morgan fingerprint density at radius 3 is 2.72 bits per heavy atom. The normalized spacial score (nSPS) is 14.7. The van der Waals surface area contributed by atoms with Gasteiger partial charge in [-0.25, -0.2) is 0 Å². The summed E-state index contributed by atoms with van der Waals surface area (Å²) in [6.07, 6.45) is 2.02. The fourth-order valence-corrected chi connectivity index (χ4v) is 3.25. The molecule has 1 aromatic carbocycles. The van der Waals surface area contributed by atoms with E-state index in [1.807, 2.05) is 25.1 Å². The van der Waals surface area contributed by atoms with E-state index in [1.165, 1.54) is 11.1 Å². The molecule has 2 aromatic rings. The lowest BCUT2D eigenvalue weighted by atomic mass is 10.1. The van der Waals surface area contributed by atoms with Gasteiger partial charge in [0.15, 0.2) is 11.5 Å². The highest BCUT2D eigenvalue weighted by atomic mass is 16.5. The van der Waals surface area contributed by atoms with Crippen molar-refractivity contribution in [2.45, 2.75) is 33.3 Å². The Balaban J connectivity index is 1.41. The molecule has 158 valence electrons. The van der Waals surface area contributed by atoms with E-state index in [0.29, 0.717) is 18.0 Å². The number of nitrogens with zero attached hydrogens (tertiary/aromatic N) is 3. The third kappa shape index (κ3) is 6.30. The minimum Gasteiger partial charge on any atom is -0.486 e. The molecule has 0 N–H and O–H groups in total. The Bertz CT molecular complexity index is 799. The Kier molecular flexibility index (Phi) is 7.66. The number of morpholine rings is 1.